The molecule has 1 aromatic heterocycles. The van der Waals surface area contributed by atoms with Gasteiger partial charge in [0, 0.05) is 24.3 Å². The van der Waals surface area contributed by atoms with Crippen molar-refractivity contribution in [2.45, 2.75) is 39.8 Å². The van der Waals surface area contributed by atoms with E-state index in [1.54, 1.807) is 11.0 Å². The van der Waals surface area contributed by atoms with Gasteiger partial charge in [0.15, 0.2) is 5.75 Å². The molecule has 1 heterocycles. The van der Waals surface area contributed by atoms with Gasteiger partial charge in [-0.3, -0.25) is 0 Å². The number of rotatable bonds is 5. The molecule has 0 fully saturated rings. The minimum atomic E-state index is -0.429. The monoisotopic (exact) mass is 282 g/mol. The molecule has 0 spiro atoms. The van der Waals surface area contributed by atoms with Crippen LogP contribution in [0, 0.1) is 0 Å². The molecule has 0 aromatic carbocycles. The van der Waals surface area contributed by atoms with E-state index in [-0.39, 0.29) is 23.7 Å². The second kappa shape index (κ2) is 6.98. The van der Waals surface area contributed by atoms with E-state index >= 15 is 0 Å². The highest BCUT2D eigenvalue weighted by Gasteiger charge is 2.24. The van der Waals surface area contributed by atoms with Crippen molar-refractivity contribution in [2.24, 2.45) is 0 Å². The van der Waals surface area contributed by atoms with Crippen LogP contribution in [-0.4, -0.2) is 42.3 Å². The predicted molar refractivity (Wildman–Crippen MR) is 75.5 cm³/mol. The number of amides is 1. The Bertz CT molecular complexity index is 452. The molecular formula is C14H22N2O4. The Balaban J connectivity index is 3.01. The van der Waals surface area contributed by atoms with Crippen molar-refractivity contribution in [1.29, 1.82) is 0 Å². The molecule has 0 radical (unpaired) electrons. The van der Waals surface area contributed by atoms with E-state index in [4.69, 9.17) is 14.2 Å². The van der Waals surface area contributed by atoms with E-state index in [1.807, 2.05) is 27.7 Å². The molecule has 0 bridgehead atoms. The molecule has 1 amide bonds. The number of methoxy groups -OCH3 is 2. The molecule has 1 rings (SSSR count). The summed E-state index contributed by atoms with van der Waals surface area (Å²) in [5, 5.41) is 0. The van der Waals surface area contributed by atoms with Gasteiger partial charge in [-0.05, 0) is 27.7 Å². The number of aromatic nitrogens is 1. The average molecular weight is 282 g/mol. The average Bonchev–Trinajstić information content (AvgIpc) is 2.37. The maximum Gasteiger partial charge on any atom is 0.415 e. The molecule has 0 aliphatic carbocycles. The molecule has 0 aliphatic heterocycles. The molecule has 6 nitrogen and oxygen atoms in total. The highest BCUT2D eigenvalue weighted by atomic mass is 16.6. The number of pyridine rings is 1. The van der Waals surface area contributed by atoms with Gasteiger partial charge in [-0.1, -0.05) is 0 Å². The van der Waals surface area contributed by atoms with Crippen LogP contribution in [0.3, 0.4) is 0 Å². The van der Waals surface area contributed by atoms with Crippen LogP contribution in [0.25, 0.3) is 0 Å². The van der Waals surface area contributed by atoms with Gasteiger partial charge in [0.2, 0.25) is 5.75 Å². The normalized spacial score (nSPS) is 10.6. The zero-order valence-corrected chi connectivity index (χ0v) is 12.8. The highest BCUT2D eigenvalue weighted by molar-refractivity contribution is 5.72. The smallest absolute Gasteiger partial charge is 0.415 e. The summed E-state index contributed by atoms with van der Waals surface area (Å²) < 4.78 is 15.7. The van der Waals surface area contributed by atoms with E-state index in [1.165, 1.54) is 20.4 Å². The molecule has 6 heteroatoms. The largest absolute Gasteiger partial charge is 0.489 e. The Kier molecular flexibility index (Phi) is 5.61. The number of hydrogen-bond donors (Lipinski definition) is 0. The summed E-state index contributed by atoms with van der Waals surface area (Å²) in [5.41, 5.74) is 0. The van der Waals surface area contributed by atoms with Crippen molar-refractivity contribution in [3.63, 3.8) is 0 Å². The van der Waals surface area contributed by atoms with E-state index in [0.29, 0.717) is 5.75 Å². The lowest BCUT2D eigenvalue weighted by atomic mass is 10.2. The summed E-state index contributed by atoms with van der Waals surface area (Å²) >= 11 is 0. The van der Waals surface area contributed by atoms with Crippen LogP contribution in [0.1, 0.15) is 27.7 Å². The van der Waals surface area contributed by atoms with Crippen molar-refractivity contribution < 1.29 is 19.0 Å². The lowest BCUT2D eigenvalue weighted by molar-refractivity contribution is 0.121. The zero-order chi connectivity index (χ0) is 15.3. The van der Waals surface area contributed by atoms with Crippen LogP contribution in [0.15, 0.2) is 12.3 Å². The van der Waals surface area contributed by atoms with Gasteiger partial charge >= 0.3 is 6.09 Å². The molecule has 0 atom stereocenters. The summed E-state index contributed by atoms with van der Waals surface area (Å²) in [5.74, 6) is 0.866. The zero-order valence-electron chi connectivity index (χ0n) is 12.8. The third-order valence-corrected chi connectivity index (χ3v) is 2.75. The third-order valence-electron chi connectivity index (χ3n) is 2.75. The van der Waals surface area contributed by atoms with Gasteiger partial charge in [-0.2, -0.15) is 0 Å². The van der Waals surface area contributed by atoms with Gasteiger partial charge in [0.05, 0.1) is 14.2 Å². The number of carbonyl (C=O) groups excluding carboxylic acids is 1. The summed E-state index contributed by atoms with van der Waals surface area (Å²) in [6.45, 7) is 7.74. The topological polar surface area (TPSA) is 60.9 Å². The minimum absolute atomic E-state index is 0.0391. The lowest BCUT2D eigenvalue weighted by Crippen LogP contribution is -2.43. The standard InChI is InChI=1S/C14H22N2O4/c1-9(2)16(10(3)4)14(17)20-11-7-8-15-13(19-6)12(11)18-5/h7-10H,1-6H3. The fourth-order valence-electron chi connectivity index (χ4n) is 1.99. The van der Waals surface area contributed by atoms with Crippen LogP contribution in [0.5, 0.6) is 17.4 Å². The Hall–Kier alpha value is -1.98. The Morgan fingerprint density at radius 1 is 1.15 bits per heavy atom. The van der Waals surface area contributed by atoms with Gasteiger partial charge in [-0.15, -0.1) is 0 Å². The minimum Gasteiger partial charge on any atom is -0.489 e. The molecule has 112 valence electrons. The third kappa shape index (κ3) is 3.53. The van der Waals surface area contributed by atoms with Crippen molar-refractivity contribution >= 4 is 6.09 Å². The lowest BCUT2D eigenvalue weighted by Gasteiger charge is -2.29. The maximum absolute atomic E-state index is 12.3. The molecule has 0 saturated heterocycles. The molecule has 0 unspecified atom stereocenters. The van der Waals surface area contributed by atoms with Crippen molar-refractivity contribution in [3.05, 3.63) is 12.3 Å². The molecule has 0 aliphatic rings. The number of hydrogen-bond acceptors (Lipinski definition) is 5. The highest BCUT2D eigenvalue weighted by Crippen LogP contribution is 2.35. The number of ether oxygens (including phenoxy) is 3. The van der Waals surface area contributed by atoms with Gasteiger partial charge in [-0.25, -0.2) is 9.78 Å². The van der Waals surface area contributed by atoms with Gasteiger partial charge < -0.3 is 19.1 Å². The fourth-order valence-corrected chi connectivity index (χ4v) is 1.99. The predicted octanol–water partition coefficient (Wildman–Crippen LogP) is 2.72. The number of nitrogens with zero attached hydrogens (tertiary/aromatic N) is 2. The molecule has 0 saturated carbocycles. The van der Waals surface area contributed by atoms with Crippen LogP contribution in [0.2, 0.25) is 0 Å². The first kappa shape index (κ1) is 16.1. The van der Waals surface area contributed by atoms with Crippen molar-refractivity contribution in [3.8, 4) is 17.4 Å². The van der Waals surface area contributed by atoms with E-state index < -0.39 is 6.09 Å². The number of carbonyl (C=O) groups is 1. The molecule has 1 aromatic rings. The second-order valence-corrected chi connectivity index (χ2v) is 4.81. The van der Waals surface area contributed by atoms with Gasteiger partial charge in [0.25, 0.3) is 5.88 Å². The Labute approximate surface area is 119 Å². The maximum atomic E-state index is 12.3. The van der Waals surface area contributed by atoms with Crippen LogP contribution >= 0.6 is 0 Å². The van der Waals surface area contributed by atoms with Crippen molar-refractivity contribution in [1.82, 2.24) is 9.88 Å². The Morgan fingerprint density at radius 3 is 2.20 bits per heavy atom. The first-order valence-electron chi connectivity index (χ1n) is 6.49. The van der Waals surface area contributed by atoms with Gasteiger partial charge in [0.1, 0.15) is 0 Å². The molecule has 20 heavy (non-hydrogen) atoms. The van der Waals surface area contributed by atoms with E-state index in [0.717, 1.165) is 0 Å². The van der Waals surface area contributed by atoms with Crippen LogP contribution in [0.4, 0.5) is 4.79 Å². The SMILES string of the molecule is COc1nccc(OC(=O)N(C(C)C)C(C)C)c1OC. The first-order valence-corrected chi connectivity index (χ1v) is 6.49. The van der Waals surface area contributed by atoms with E-state index in [2.05, 4.69) is 4.98 Å². The summed E-state index contributed by atoms with van der Waals surface area (Å²) in [6, 6.07) is 1.65. The van der Waals surface area contributed by atoms with Crippen molar-refractivity contribution in [2.75, 3.05) is 14.2 Å². The first-order chi connectivity index (χ1) is 9.42. The molecular weight excluding hydrogens is 260 g/mol. The quantitative estimate of drug-likeness (QED) is 0.831. The summed E-state index contributed by atoms with van der Waals surface area (Å²) in [7, 11) is 2.95. The Morgan fingerprint density at radius 2 is 1.75 bits per heavy atom. The second-order valence-electron chi connectivity index (χ2n) is 4.81. The van der Waals surface area contributed by atoms with Crippen LogP contribution in [-0.2, 0) is 0 Å². The van der Waals surface area contributed by atoms with Crippen LogP contribution < -0.4 is 14.2 Å². The molecule has 0 N–H and O–H groups in total. The summed E-state index contributed by atoms with van der Waals surface area (Å²) in [6.07, 6.45) is 1.07. The summed E-state index contributed by atoms with van der Waals surface area (Å²) in [4.78, 5) is 17.9. The van der Waals surface area contributed by atoms with E-state index in [9.17, 15) is 4.79 Å². The fraction of sp³-hybridized carbons (Fsp3) is 0.571.